The monoisotopic (exact) mass is 207 g/mol. The van der Waals surface area contributed by atoms with Crippen molar-refractivity contribution in [3.05, 3.63) is 22.8 Å². The van der Waals surface area contributed by atoms with E-state index in [9.17, 15) is 4.79 Å². The fourth-order valence-electron chi connectivity index (χ4n) is 2.02. The van der Waals surface area contributed by atoms with Crippen molar-refractivity contribution < 1.29 is 4.79 Å². The topological polar surface area (TPSA) is 29.1 Å². The summed E-state index contributed by atoms with van der Waals surface area (Å²) in [6.45, 7) is 11.2. The van der Waals surface area contributed by atoms with Crippen molar-refractivity contribution in [3.8, 4) is 0 Å². The van der Waals surface area contributed by atoms with E-state index in [2.05, 4.69) is 33.0 Å². The van der Waals surface area contributed by atoms with Gasteiger partial charge in [0.15, 0.2) is 0 Å². The first kappa shape index (κ1) is 12.0. The van der Waals surface area contributed by atoms with Crippen molar-refractivity contribution in [2.24, 2.45) is 11.8 Å². The van der Waals surface area contributed by atoms with Gasteiger partial charge in [0, 0.05) is 12.1 Å². The van der Waals surface area contributed by atoms with Crippen LogP contribution in [-0.2, 0) is 4.79 Å². The van der Waals surface area contributed by atoms with Crippen LogP contribution in [0.2, 0.25) is 0 Å². The second-order valence-corrected chi connectivity index (χ2v) is 4.40. The molecular weight excluding hydrogens is 186 g/mol. The average Bonchev–Trinajstić information content (AvgIpc) is 2.20. The van der Waals surface area contributed by atoms with Crippen LogP contribution in [0.4, 0.5) is 0 Å². The quantitative estimate of drug-likeness (QED) is 0.741. The molecule has 2 heteroatoms. The molecule has 0 fully saturated rings. The van der Waals surface area contributed by atoms with Gasteiger partial charge in [-0.05, 0) is 32.6 Å². The molecule has 0 aromatic carbocycles. The first-order valence-corrected chi connectivity index (χ1v) is 5.66. The van der Waals surface area contributed by atoms with E-state index >= 15 is 0 Å². The van der Waals surface area contributed by atoms with E-state index in [0.717, 1.165) is 5.57 Å². The van der Waals surface area contributed by atoms with Crippen LogP contribution < -0.4 is 5.32 Å². The molecule has 1 amide bonds. The molecule has 0 aromatic heterocycles. The third-order valence-electron chi connectivity index (χ3n) is 3.52. The van der Waals surface area contributed by atoms with Crippen molar-refractivity contribution in [1.29, 1.82) is 0 Å². The zero-order valence-corrected chi connectivity index (χ0v) is 10.3. The van der Waals surface area contributed by atoms with Crippen molar-refractivity contribution in [2.75, 3.05) is 6.54 Å². The molecule has 0 heterocycles. The van der Waals surface area contributed by atoms with Crippen LogP contribution in [-0.4, -0.2) is 12.5 Å². The van der Waals surface area contributed by atoms with E-state index in [1.807, 2.05) is 13.0 Å². The second-order valence-electron chi connectivity index (χ2n) is 4.40. The molecule has 2 nitrogen and oxygen atoms in total. The number of rotatable bonds is 2. The number of likely N-dealkylation sites (N-methyl/N-ethyl adjacent to an activating group) is 1. The molecule has 0 saturated heterocycles. The molecule has 1 N–H and O–H groups in total. The highest BCUT2D eigenvalue weighted by molar-refractivity contribution is 5.94. The Kier molecular flexibility index (Phi) is 3.72. The Morgan fingerprint density at radius 2 is 1.93 bits per heavy atom. The van der Waals surface area contributed by atoms with Crippen molar-refractivity contribution in [2.45, 2.75) is 34.6 Å². The Balaban J connectivity index is 2.99. The lowest BCUT2D eigenvalue weighted by Crippen LogP contribution is -2.31. The Hall–Kier alpha value is -1.05. The summed E-state index contributed by atoms with van der Waals surface area (Å²) in [5, 5.41) is 2.87. The molecule has 0 radical (unpaired) electrons. The van der Waals surface area contributed by atoms with Gasteiger partial charge in [0.1, 0.15) is 0 Å². The predicted molar refractivity (Wildman–Crippen MR) is 63.5 cm³/mol. The lowest BCUT2D eigenvalue weighted by Gasteiger charge is -2.28. The van der Waals surface area contributed by atoms with Gasteiger partial charge in [0.2, 0.25) is 5.91 Å². The van der Waals surface area contributed by atoms with E-state index in [-0.39, 0.29) is 5.91 Å². The van der Waals surface area contributed by atoms with E-state index in [4.69, 9.17) is 0 Å². The maximum Gasteiger partial charge on any atom is 0.247 e. The highest BCUT2D eigenvalue weighted by Crippen LogP contribution is 2.33. The zero-order valence-electron chi connectivity index (χ0n) is 10.3. The first-order valence-electron chi connectivity index (χ1n) is 5.66. The van der Waals surface area contributed by atoms with E-state index in [1.54, 1.807) is 0 Å². The number of carbonyl (C=O) groups excluding carboxylic acids is 1. The maximum absolute atomic E-state index is 11.8. The minimum atomic E-state index is 0.0868. The van der Waals surface area contributed by atoms with Crippen molar-refractivity contribution >= 4 is 5.91 Å². The molecule has 0 saturated carbocycles. The second kappa shape index (κ2) is 4.65. The van der Waals surface area contributed by atoms with Crippen molar-refractivity contribution in [3.63, 3.8) is 0 Å². The summed E-state index contributed by atoms with van der Waals surface area (Å²) < 4.78 is 0. The molecule has 1 rings (SSSR count). The van der Waals surface area contributed by atoms with Gasteiger partial charge in [-0.3, -0.25) is 4.79 Å². The number of amides is 1. The molecule has 15 heavy (non-hydrogen) atoms. The molecule has 1 unspecified atom stereocenters. The van der Waals surface area contributed by atoms with Crippen LogP contribution in [0.15, 0.2) is 22.8 Å². The first-order chi connectivity index (χ1) is 6.99. The SMILES string of the molecule is CCNC(=O)C1=CC(C)=C(C)[C@H](C)C1C. The van der Waals surface area contributed by atoms with E-state index < -0.39 is 0 Å². The molecule has 1 aliphatic rings. The third-order valence-corrected chi connectivity index (χ3v) is 3.52. The summed E-state index contributed by atoms with van der Waals surface area (Å²) in [6.07, 6.45) is 2.03. The summed E-state index contributed by atoms with van der Waals surface area (Å²) in [4.78, 5) is 11.8. The summed E-state index contributed by atoms with van der Waals surface area (Å²) in [5.41, 5.74) is 3.56. The van der Waals surface area contributed by atoms with Crippen LogP contribution in [0.1, 0.15) is 34.6 Å². The smallest absolute Gasteiger partial charge is 0.247 e. The van der Waals surface area contributed by atoms with Crippen molar-refractivity contribution in [1.82, 2.24) is 5.32 Å². The third kappa shape index (κ3) is 2.31. The standard InChI is InChI=1S/C13H21NO/c1-6-14-13(15)12-7-8(2)9(3)10(4)11(12)5/h7,10-11H,6H2,1-5H3,(H,14,15)/t10-,11?/m0/s1. The van der Waals surface area contributed by atoms with Gasteiger partial charge < -0.3 is 5.32 Å². The average molecular weight is 207 g/mol. The zero-order chi connectivity index (χ0) is 11.6. The number of hydrogen-bond donors (Lipinski definition) is 1. The molecule has 0 bridgehead atoms. The van der Waals surface area contributed by atoms with Crippen LogP contribution >= 0.6 is 0 Å². The molecule has 0 aliphatic heterocycles. The van der Waals surface area contributed by atoms with Crippen LogP contribution in [0, 0.1) is 11.8 Å². The Morgan fingerprint density at radius 3 is 2.47 bits per heavy atom. The number of nitrogens with one attached hydrogen (secondary N) is 1. The number of allylic oxidation sites excluding steroid dienone is 3. The Bertz CT molecular complexity index is 325. The minimum absolute atomic E-state index is 0.0868. The fraction of sp³-hybridized carbons (Fsp3) is 0.615. The van der Waals surface area contributed by atoms with Gasteiger partial charge in [0.05, 0.1) is 0 Å². The van der Waals surface area contributed by atoms with Crippen LogP contribution in [0.5, 0.6) is 0 Å². The highest BCUT2D eigenvalue weighted by Gasteiger charge is 2.27. The summed E-state index contributed by atoms with van der Waals surface area (Å²) in [5.74, 6) is 0.872. The maximum atomic E-state index is 11.8. The fourth-order valence-corrected chi connectivity index (χ4v) is 2.02. The molecule has 84 valence electrons. The highest BCUT2D eigenvalue weighted by atomic mass is 16.1. The Labute approximate surface area is 92.4 Å². The van der Waals surface area contributed by atoms with Gasteiger partial charge in [-0.15, -0.1) is 0 Å². The van der Waals surface area contributed by atoms with E-state index in [0.29, 0.717) is 18.4 Å². The molecule has 0 aromatic rings. The largest absolute Gasteiger partial charge is 0.353 e. The number of hydrogen-bond acceptors (Lipinski definition) is 1. The van der Waals surface area contributed by atoms with Gasteiger partial charge in [-0.2, -0.15) is 0 Å². The minimum Gasteiger partial charge on any atom is -0.353 e. The van der Waals surface area contributed by atoms with Gasteiger partial charge >= 0.3 is 0 Å². The van der Waals surface area contributed by atoms with Crippen LogP contribution in [0.25, 0.3) is 0 Å². The van der Waals surface area contributed by atoms with Gasteiger partial charge in [-0.25, -0.2) is 0 Å². The molecule has 0 spiro atoms. The van der Waals surface area contributed by atoms with E-state index in [1.165, 1.54) is 11.1 Å². The molecule has 1 aliphatic carbocycles. The van der Waals surface area contributed by atoms with Crippen LogP contribution in [0.3, 0.4) is 0 Å². The number of carbonyl (C=O) groups is 1. The Morgan fingerprint density at radius 1 is 1.33 bits per heavy atom. The lowest BCUT2D eigenvalue weighted by molar-refractivity contribution is -0.118. The summed E-state index contributed by atoms with van der Waals surface area (Å²) in [7, 11) is 0. The lowest BCUT2D eigenvalue weighted by atomic mass is 9.77. The summed E-state index contributed by atoms with van der Waals surface area (Å²) in [6, 6.07) is 0. The summed E-state index contributed by atoms with van der Waals surface area (Å²) >= 11 is 0. The predicted octanol–water partition coefficient (Wildman–Crippen LogP) is 2.67. The molecular formula is C13H21NO. The molecule has 2 atom stereocenters. The van der Waals surface area contributed by atoms with Gasteiger partial charge in [0.25, 0.3) is 0 Å². The normalized spacial score (nSPS) is 26.3. The van der Waals surface area contributed by atoms with Gasteiger partial charge in [-0.1, -0.05) is 31.1 Å².